The van der Waals surface area contributed by atoms with Gasteiger partial charge in [0.25, 0.3) is 0 Å². The van der Waals surface area contributed by atoms with E-state index in [9.17, 15) is 0 Å². The summed E-state index contributed by atoms with van der Waals surface area (Å²) < 4.78 is 3.00. The maximum absolute atomic E-state index is 4.01. The van der Waals surface area contributed by atoms with Crippen LogP contribution in [0.25, 0.3) is 5.65 Å². The maximum atomic E-state index is 4.01. The van der Waals surface area contributed by atoms with Crippen LogP contribution in [0.15, 0.2) is 17.0 Å². The van der Waals surface area contributed by atoms with E-state index in [0.717, 1.165) is 10.1 Å². The van der Waals surface area contributed by atoms with Gasteiger partial charge in [0.15, 0.2) is 5.65 Å². The first kappa shape index (κ1) is 7.73. The molecule has 0 aliphatic heterocycles. The van der Waals surface area contributed by atoms with Crippen molar-refractivity contribution in [2.24, 2.45) is 0 Å². The Morgan fingerprint density at radius 1 is 1.33 bits per heavy atom. The molecule has 0 atom stereocenters. The molecule has 0 N–H and O–H groups in total. The van der Waals surface area contributed by atoms with E-state index in [0.29, 0.717) is 0 Å². The van der Waals surface area contributed by atoms with Crippen LogP contribution in [0.1, 0.15) is 11.1 Å². The Hall–Kier alpha value is -0.900. The molecule has 2 heterocycles. The molecule has 2 aromatic heterocycles. The van der Waals surface area contributed by atoms with Crippen LogP contribution in [0.2, 0.25) is 0 Å². The van der Waals surface area contributed by atoms with Crippen LogP contribution >= 0.6 is 15.9 Å². The number of pyridine rings is 1. The van der Waals surface area contributed by atoms with Crippen LogP contribution in [-0.4, -0.2) is 14.6 Å². The molecule has 0 amide bonds. The zero-order valence-corrected chi connectivity index (χ0v) is 8.46. The largest absolute Gasteiger partial charge is 0.288 e. The minimum Gasteiger partial charge on any atom is -0.288 e. The average molecular weight is 226 g/mol. The van der Waals surface area contributed by atoms with Crippen LogP contribution in [0.3, 0.4) is 0 Å². The molecular formula is C8H8BrN3. The van der Waals surface area contributed by atoms with E-state index in [4.69, 9.17) is 0 Å². The summed E-state index contributed by atoms with van der Waals surface area (Å²) in [4.78, 5) is 0. The fourth-order valence-corrected chi connectivity index (χ4v) is 1.69. The van der Waals surface area contributed by atoms with Gasteiger partial charge in [-0.05, 0) is 40.9 Å². The van der Waals surface area contributed by atoms with Crippen molar-refractivity contribution >= 4 is 21.6 Å². The maximum Gasteiger partial charge on any atom is 0.163 e. The van der Waals surface area contributed by atoms with Gasteiger partial charge in [0, 0.05) is 10.7 Å². The monoisotopic (exact) mass is 225 g/mol. The Balaban J connectivity index is 2.94. The standard InChI is InChI=1S/C8H8BrN3/c1-5-6(2)8-11-10-4-12(8)3-7(5)9/h3-4H,1-2H3. The molecule has 0 saturated heterocycles. The molecule has 0 saturated carbocycles. The first-order valence-corrected chi connectivity index (χ1v) is 4.44. The number of rotatable bonds is 0. The number of aryl methyl sites for hydroxylation is 1. The lowest BCUT2D eigenvalue weighted by molar-refractivity contribution is 1.10. The van der Waals surface area contributed by atoms with Crippen LogP contribution in [-0.2, 0) is 0 Å². The highest BCUT2D eigenvalue weighted by Crippen LogP contribution is 2.21. The number of hydrogen-bond acceptors (Lipinski definition) is 2. The SMILES string of the molecule is Cc1c(Br)cn2cnnc2c1C. The van der Waals surface area contributed by atoms with Crippen molar-refractivity contribution < 1.29 is 0 Å². The normalized spacial score (nSPS) is 10.9. The molecule has 62 valence electrons. The molecule has 0 bridgehead atoms. The predicted molar refractivity (Wildman–Crippen MR) is 50.2 cm³/mol. The highest BCUT2D eigenvalue weighted by atomic mass is 79.9. The van der Waals surface area contributed by atoms with E-state index in [1.807, 2.05) is 17.5 Å². The highest BCUT2D eigenvalue weighted by Gasteiger charge is 2.05. The number of nitrogens with zero attached hydrogens (tertiary/aromatic N) is 3. The van der Waals surface area contributed by atoms with Gasteiger partial charge < -0.3 is 0 Å². The Morgan fingerprint density at radius 2 is 2.08 bits per heavy atom. The van der Waals surface area contributed by atoms with E-state index < -0.39 is 0 Å². The summed E-state index contributed by atoms with van der Waals surface area (Å²) in [6.07, 6.45) is 3.67. The lowest BCUT2D eigenvalue weighted by atomic mass is 10.2. The average Bonchev–Trinajstić information content (AvgIpc) is 2.48. The van der Waals surface area contributed by atoms with Gasteiger partial charge >= 0.3 is 0 Å². The molecule has 4 heteroatoms. The number of fused-ring (bicyclic) bond motifs is 1. The van der Waals surface area contributed by atoms with Gasteiger partial charge in [-0.3, -0.25) is 4.40 Å². The molecular weight excluding hydrogens is 218 g/mol. The van der Waals surface area contributed by atoms with Crippen LogP contribution < -0.4 is 0 Å². The van der Waals surface area contributed by atoms with Gasteiger partial charge in [-0.2, -0.15) is 0 Å². The molecule has 0 aliphatic carbocycles. The van der Waals surface area contributed by atoms with Crippen molar-refractivity contribution in [2.75, 3.05) is 0 Å². The first-order chi connectivity index (χ1) is 5.70. The predicted octanol–water partition coefficient (Wildman–Crippen LogP) is 2.11. The second-order valence-electron chi connectivity index (χ2n) is 2.79. The van der Waals surface area contributed by atoms with Gasteiger partial charge in [-0.25, -0.2) is 0 Å². The molecule has 3 nitrogen and oxygen atoms in total. The van der Waals surface area contributed by atoms with E-state index in [1.165, 1.54) is 11.1 Å². The zero-order chi connectivity index (χ0) is 8.72. The molecule has 0 aromatic carbocycles. The molecule has 0 unspecified atom stereocenters. The van der Waals surface area contributed by atoms with Crippen LogP contribution in [0.4, 0.5) is 0 Å². The molecule has 0 radical (unpaired) electrons. The highest BCUT2D eigenvalue weighted by molar-refractivity contribution is 9.10. The topological polar surface area (TPSA) is 30.2 Å². The third-order valence-electron chi connectivity index (χ3n) is 2.08. The number of aromatic nitrogens is 3. The summed E-state index contributed by atoms with van der Waals surface area (Å²) in [5.41, 5.74) is 3.31. The summed E-state index contributed by atoms with van der Waals surface area (Å²) in [5, 5.41) is 7.85. The number of hydrogen-bond donors (Lipinski definition) is 0. The molecule has 0 aliphatic rings. The molecule has 0 spiro atoms. The van der Waals surface area contributed by atoms with E-state index in [2.05, 4.69) is 33.1 Å². The van der Waals surface area contributed by atoms with Crippen molar-refractivity contribution in [2.45, 2.75) is 13.8 Å². The quantitative estimate of drug-likeness (QED) is 0.688. The third-order valence-corrected chi connectivity index (χ3v) is 2.88. The number of halogens is 1. The molecule has 0 fully saturated rings. The van der Waals surface area contributed by atoms with Crippen molar-refractivity contribution in [3.8, 4) is 0 Å². The van der Waals surface area contributed by atoms with Crippen LogP contribution in [0, 0.1) is 13.8 Å². The fourth-order valence-electron chi connectivity index (χ4n) is 1.17. The van der Waals surface area contributed by atoms with Crippen LogP contribution in [0.5, 0.6) is 0 Å². The van der Waals surface area contributed by atoms with Gasteiger partial charge in [0.2, 0.25) is 0 Å². The minimum atomic E-state index is 0.927. The summed E-state index contributed by atoms with van der Waals surface area (Å²) in [7, 11) is 0. The zero-order valence-electron chi connectivity index (χ0n) is 6.87. The minimum absolute atomic E-state index is 0.927. The summed E-state index contributed by atoms with van der Waals surface area (Å²) in [6, 6.07) is 0. The van der Waals surface area contributed by atoms with Gasteiger partial charge in [0.1, 0.15) is 6.33 Å². The second-order valence-corrected chi connectivity index (χ2v) is 3.64. The van der Waals surface area contributed by atoms with Crippen molar-refractivity contribution in [1.82, 2.24) is 14.6 Å². The third kappa shape index (κ3) is 0.948. The Morgan fingerprint density at radius 3 is 2.83 bits per heavy atom. The van der Waals surface area contributed by atoms with Gasteiger partial charge in [-0.15, -0.1) is 10.2 Å². The lowest BCUT2D eigenvalue weighted by Crippen LogP contribution is -1.91. The Kier molecular flexibility index (Phi) is 1.65. The van der Waals surface area contributed by atoms with Crippen molar-refractivity contribution in [3.05, 3.63) is 28.1 Å². The fraction of sp³-hybridized carbons (Fsp3) is 0.250. The smallest absolute Gasteiger partial charge is 0.163 e. The van der Waals surface area contributed by atoms with Crippen molar-refractivity contribution in [3.63, 3.8) is 0 Å². The first-order valence-electron chi connectivity index (χ1n) is 3.65. The summed E-state index contributed by atoms with van der Waals surface area (Å²) in [5.74, 6) is 0. The molecule has 12 heavy (non-hydrogen) atoms. The Bertz CT molecular complexity index is 433. The van der Waals surface area contributed by atoms with Gasteiger partial charge in [0.05, 0.1) is 0 Å². The van der Waals surface area contributed by atoms with E-state index in [1.54, 1.807) is 6.33 Å². The summed E-state index contributed by atoms with van der Waals surface area (Å²) in [6.45, 7) is 4.11. The lowest BCUT2D eigenvalue weighted by Gasteiger charge is -2.03. The van der Waals surface area contributed by atoms with E-state index in [-0.39, 0.29) is 0 Å². The summed E-state index contributed by atoms with van der Waals surface area (Å²) >= 11 is 3.48. The van der Waals surface area contributed by atoms with Gasteiger partial charge in [-0.1, -0.05) is 0 Å². The van der Waals surface area contributed by atoms with Crippen molar-refractivity contribution in [1.29, 1.82) is 0 Å². The molecule has 2 rings (SSSR count). The molecule has 2 aromatic rings. The van der Waals surface area contributed by atoms with E-state index >= 15 is 0 Å². The Labute approximate surface area is 78.6 Å². The second kappa shape index (κ2) is 2.55.